The van der Waals surface area contributed by atoms with Crippen LogP contribution < -0.4 is 5.69 Å². The van der Waals surface area contributed by atoms with Crippen molar-refractivity contribution in [2.24, 2.45) is 0 Å². The lowest BCUT2D eigenvalue weighted by molar-refractivity contribution is 0.0696. The van der Waals surface area contributed by atoms with E-state index in [0.717, 1.165) is 23.4 Å². The van der Waals surface area contributed by atoms with Gasteiger partial charge in [-0.3, -0.25) is 9.36 Å². The molecule has 5 nitrogen and oxygen atoms in total. The number of rotatable bonds is 3. The van der Waals surface area contributed by atoms with Gasteiger partial charge in [0, 0.05) is 28.9 Å². The number of amides is 1. The van der Waals surface area contributed by atoms with Gasteiger partial charge in [0.15, 0.2) is 0 Å². The van der Waals surface area contributed by atoms with E-state index in [1.807, 2.05) is 54.3 Å². The molecule has 1 unspecified atom stereocenters. The molecule has 4 aromatic rings. The fraction of sp³-hybridized carbons (Fsp3) is 0.167. The Balaban J connectivity index is 1.50. The average molecular weight is 416 g/mol. The Bertz CT molecular complexity index is 1250. The Hall–Kier alpha value is -3.38. The van der Waals surface area contributed by atoms with E-state index in [2.05, 4.69) is 28.6 Å². The van der Waals surface area contributed by atoms with Gasteiger partial charge >= 0.3 is 5.69 Å². The zero-order valence-corrected chi connectivity index (χ0v) is 17.4. The Kier molecular flexibility index (Phi) is 4.64. The van der Waals surface area contributed by atoms with Crippen molar-refractivity contribution in [2.45, 2.75) is 19.4 Å². The number of carbonyl (C=O) groups excluding carboxylic acids is 1. The summed E-state index contributed by atoms with van der Waals surface area (Å²) in [7, 11) is 0. The molecule has 5 rings (SSSR count). The van der Waals surface area contributed by atoms with Crippen LogP contribution in [0.1, 0.15) is 38.1 Å². The third-order valence-corrected chi connectivity index (χ3v) is 6.67. The molecular weight excluding hydrogens is 394 g/mol. The van der Waals surface area contributed by atoms with Crippen molar-refractivity contribution in [3.05, 3.63) is 110 Å². The van der Waals surface area contributed by atoms with Crippen LogP contribution in [0.4, 0.5) is 0 Å². The minimum atomic E-state index is -0.184. The summed E-state index contributed by atoms with van der Waals surface area (Å²) in [6.45, 7) is 2.55. The van der Waals surface area contributed by atoms with Gasteiger partial charge in [-0.1, -0.05) is 30.3 Å². The van der Waals surface area contributed by atoms with Gasteiger partial charge in [-0.15, -0.1) is 11.3 Å². The van der Waals surface area contributed by atoms with Crippen LogP contribution in [0.2, 0.25) is 0 Å². The highest BCUT2D eigenvalue weighted by molar-refractivity contribution is 7.10. The fourth-order valence-corrected chi connectivity index (χ4v) is 5.13. The fourth-order valence-electron chi connectivity index (χ4n) is 4.23. The first-order valence-corrected chi connectivity index (χ1v) is 10.8. The highest BCUT2D eigenvalue weighted by Crippen LogP contribution is 2.38. The van der Waals surface area contributed by atoms with E-state index in [1.54, 1.807) is 22.1 Å². The standard InChI is InChI=1S/C24H21N3O2S/c1-16-15-25-24(29)27(16)19-9-7-18(8-10-19)23(28)26-13-11-21-20(12-14-30-21)22(26)17-5-3-2-4-6-17/h2-10,12,14-15,22H,11,13H2,1H3,(H,25,29). The first-order valence-electron chi connectivity index (χ1n) is 9.93. The van der Waals surface area contributed by atoms with Gasteiger partial charge in [-0.05, 0) is 60.2 Å². The predicted octanol–water partition coefficient (Wildman–Crippen LogP) is 4.32. The summed E-state index contributed by atoms with van der Waals surface area (Å²) in [6.07, 6.45) is 2.55. The molecule has 150 valence electrons. The maximum Gasteiger partial charge on any atom is 0.330 e. The normalized spacial score (nSPS) is 15.8. The number of thiophene rings is 1. The smallest absolute Gasteiger partial charge is 0.327 e. The molecule has 30 heavy (non-hydrogen) atoms. The lowest BCUT2D eigenvalue weighted by Gasteiger charge is -2.36. The van der Waals surface area contributed by atoms with Crippen LogP contribution in [0.3, 0.4) is 0 Å². The zero-order chi connectivity index (χ0) is 20.7. The summed E-state index contributed by atoms with van der Waals surface area (Å²) >= 11 is 1.76. The Labute approximate surface area is 178 Å². The third-order valence-electron chi connectivity index (χ3n) is 5.67. The molecule has 1 aliphatic rings. The lowest BCUT2D eigenvalue weighted by atomic mass is 9.92. The van der Waals surface area contributed by atoms with Crippen molar-refractivity contribution in [2.75, 3.05) is 6.54 Å². The van der Waals surface area contributed by atoms with Gasteiger partial charge in [-0.2, -0.15) is 0 Å². The number of imidazole rings is 1. The first-order chi connectivity index (χ1) is 14.6. The molecule has 0 fully saturated rings. The van der Waals surface area contributed by atoms with Crippen LogP contribution in [0.25, 0.3) is 5.69 Å². The quantitative estimate of drug-likeness (QED) is 0.542. The molecule has 6 heteroatoms. The molecule has 0 spiro atoms. The molecule has 1 aliphatic heterocycles. The number of hydrogen-bond acceptors (Lipinski definition) is 3. The molecule has 1 amide bonds. The number of hydrogen-bond donors (Lipinski definition) is 1. The monoisotopic (exact) mass is 415 g/mol. The number of carbonyl (C=O) groups is 1. The van der Waals surface area contributed by atoms with E-state index in [4.69, 9.17) is 0 Å². The van der Waals surface area contributed by atoms with Crippen LogP contribution >= 0.6 is 11.3 Å². The van der Waals surface area contributed by atoms with Gasteiger partial charge in [0.2, 0.25) is 0 Å². The molecule has 1 atom stereocenters. The number of aromatic nitrogens is 2. The van der Waals surface area contributed by atoms with Crippen LogP contribution in [0.15, 0.2) is 77.0 Å². The van der Waals surface area contributed by atoms with Crippen molar-refractivity contribution in [1.82, 2.24) is 14.5 Å². The van der Waals surface area contributed by atoms with Crippen molar-refractivity contribution in [3.63, 3.8) is 0 Å². The minimum absolute atomic E-state index is 0.00499. The summed E-state index contributed by atoms with van der Waals surface area (Å²) in [5.74, 6) is 0.00499. The topological polar surface area (TPSA) is 58.1 Å². The highest BCUT2D eigenvalue weighted by Gasteiger charge is 2.33. The third kappa shape index (κ3) is 3.09. The van der Waals surface area contributed by atoms with Crippen LogP contribution in [-0.4, -0.2) is 26.9 Å². The summed E-state index contributed by atoms with van der Waals surface area (Å²) in [5, 5.41) is 2.11. The van der Waals surface area contributed by atoms with Gasteiger partial charge in [0.05, 0.1) is 11.7 Å². The summed E-state index contributed by atoms with van der Waals surface area (Å²) in [5.41, 5.74) is 4.35. The molecule has 2 aromatic heterocycles. The van der Waals surface area contributed by atoms with Crippen molar-refractivity contribution < 1.29 is 4.79 Å². The number of aromatic amines is 1. The number of nitrogens with one attached hydrogen (secondary N) is 1. The van der Waals surface area contributed by atoms with E-state index < -0.39 is 0 Å². The van der Waals surface area contributed by atoms with E-state index in [9.17, 15) is 9.59 Å². The molecule has 0 bridgehead atoms. The van der Waals surface area contributed by atoms with Crippen molar-refractivity contribution >= 4 is 17.2 Å². The minimum Gasteiger partial charge on any atom is -0.327 e. The molecule has 0 saturated carbocycles. The summed E-state index contributed by atoms with van der Waals surface area (Å²) < 4.78 is 1.60. The number of benzene rings is 2. The molecule has 0 radical (unpaired) electrons. The van der Waals surface area contributed by atoms with E-state index in [-0.39, 0.29) is 17.6 Å². The predicted molar refractivity (Wildman–Crippen MR) is 118 cm³/mol. The second kappa shape index (κ2) is 7.46. The molecule has 0 saturated heterocycles. The first kappa shape index (κ1) is 18.6. The van der Waals surface area contributed by atoms with E-state index in [0.29, 0.717) is 12.1 Å². The van der Waals surface area contributed by atoms with Crippen LogP contribution in [0.5, 0.6) is 0 Å². The van der Waals surface area contributed by atoms with Crippen molar-refractivity contribution in [1.29, 1.82) is 0 Å². The molecular formula is C24H21N3O2S. The van der Waals surface area contributed by atoms with Crippen molar-refractivity contribution in [3.8, 4) is 5.69 Å². The maximum atomic E-state index is 13.5. The second-order valence-corrected chi connectivity index (χ2v) is 8.48. The van der Waals surface area contributed by atoms with Gasteiger partial charge in [0.1, 0.15) is 0 Å². The molecule has 3 heterocycles. The lowest BCUT2D eigenvalue weighted by Crippen LogP contribution is -2.40. The van der Waals surface area contributed by atoms with E-state index in [1.165, 1.54) is 10.4 Å². The van der Waals surface area contributed by atoms with E-state index >= 15 is 0 Å². The van der Waals surface area contributed by atoms with Gasteiger partial charge in [0.25, 0.3) is 5.91 Å². The zero-order valence-electron chi connectivity index (χ0n) is 16.5. The number of nitrogens with zero attached hydrogens (tertiary/aromatic N) is 2. The number of fused-ring (bicyclic) bond motifs is 1. The Morgan fingerprint density at radius 2 is 1.83 bits per heavy atom. The van der Waals surface area contributed by atoms with Crippen LogP contribution in [-0.2, 0) is 6.42 Å². The summed E-state index contributed by atoms with van der Waals surface area (Å²) in [6, 6.07) is 19.5. The Morgan fingerprint density at radius 1 is 1.07 bits per heavy atom. The molecule has 1 N–H and O–H groups in total. The number of H-pyrrole nitrogens is 1. The largest absolute Gasteiger partial charge is 0.330 e. The van der Waals surface area contributed by atoms with Crippen LogP contribution in [0, 0.1) is 6.92 Å². The van der Waals surface area contributed by atoms with Gasteiger partial charge < -0.3 is 9.88 Å². The number of aryl methyl sites for hydroxylation is 1. The molecule has 0 aliphatic carbocycles. The summed E-state index contributed by atoms with van der Waals surface area (Å²) in [4.78, 5) is 31.5. The Morgan fingerprint density at radius 3 is 2.53 bits per heavy atom. The van der Waals surface area contributed by atoms with Gasteiger partial charge in [-0.25, -0.2) is 4.79 Å². The molecule has 2 aromatic carbocycles. The maximum absolute atomic E-state index is 13.5. The SMILES string of the molecule is Cc1c[nH]c(=O)n1-c1ccc(C(=O)N2CCc3sccc3C2c2ccccc2)cc1. The second-order valence-electron chi connectivity index (χ2n) is 7.48. The average Bonchev–Trinajstić information content (AvgIpc) is 3.39. The highest BCUT2D eigenvalue weighted by atomic mass is 32.1.